The van der Waals surface area contributed by atoms with Crippen LogP contribution in [0.1, 0.15) is 187 Å². The van der Waals surface area contributed by atoms with Crippen molar-refractivity contribution >= 4 is 5.91 Å². The first kappa shape index (κ1) is 68.0. The Balaban J connectivity index is 1.79. The lowest BCUT2D eigenvalue weighted by Gasteiger charge is -2.46. The van der Waals surface area contributed by atoms with Gasteiger partial charge in [-0.15, -0.1) is 0 Å². The number of carbonyl (C=O) groups is 1. The summed E-state index contributed by atoms with van der Waals surface area (Å²) >= 11 is 0. The average Bonchev–Trinajstić information content (AvgIpc) is 3.41. The van der Waals surface area contributed by atoms with E-state index in [-0.39, 0.29) is 18.9 Å². The van der Waals surface area contributed by atoms with Crippen LogP contribution in [0, 0.1) is 0 Å². The summed E-state index contributed by atoms with van der Waals surface area (Å²) in [7, 11) is 0. The predicted octanol–water partition coefficient (Wildman–Crippen LogP) is 9.49. The van der Waals surface area contributed by atoms with Crippen LogP contribution in [-0.2, 0) is 23.7 Å². The molecule has 0 bridgehead atoms. The first-order chi connectivity index (χ1) is 36.6. The van der Waals surface area contributed by atoms with Crippen molar-refractivity contribution in [3.63, 3.8) is 0 Å². The van der Waals surface area contributed by atoms with Crippen LogP contribution in [0.5, 0.6) is 0 Å². The molecule has 0 aromatic rings. The molecule has 14 nitrogen and oxygen atoms in total. The van der Waals surface area contributed by atoms with Crippen molar-refractivity contribution in [2.24, 2.45) is 0 Å². The SMILES string of the molecule is CC/C=C\C/C=C\C/C=C\C/C=C\C/C=C\CCCCCCCCCCCC(=O)NC(COC1OC(CO)C(OC2OC(CO)C(O)C(O)C2O)C(O)C1O)C(O)/C=C/CC/C=C/CC/C=C/CCCCCCCC. The Morgan fingerprint density at radius 2 is 0.933 bits per heavy atom. The van der Waals surface area contributed by atoms with E-state index in [0.29, 0.717) is 12.8 Å². The van der Waals surface area contributed by atoms with Crippen molar-refractivity contribution in [3.05, 3.63) is 97.2 Å². The third-order valence-electron chi connectivity index (χ3n) is 13.5. The summed E-state index contributed by atoms with van der Waals surface area (Å²) in [6.07, 6.45) is 45.8. The molecule has 430 valence electrons. The average molecular weight is 1060 g/mol. The highest BCUT2D eigenvalue weighted by Crippen LogP contribution is 2.30. The van der Waals surface area contributed by atoms with E-state index in [2.05, 4.69) is 104 Å². The first-order valence-electron chi connectivity index (χ1n) is 29.0. The molecular weight excluding hydrogens is 955 g/mol. The van der Waals surface area contributed by atoms with E-state index >= 15 is 0 Å². The Labute approximate surface area is 452 Å². The van der Waals surface area contributed by atoms with Gasteiger partial charge in [-0.1, -0.05) is 188 Å². The molecule has 75 heavy (non-hydrogen) atoms. The van der Waals surface area contributed by atoms with E-state index < -0.39 is 86.8 Å². The van der Waals surface area contributed by atoms with Gasteiger partial charge in [-0.3, -0.25) is 4.79 Å². The molecule has 0 radical (unpaired) electrons. The van der Waals surface area contributed by atoms with Crippen LogP contribution < -0.4 is 5.32 Å². The number of amides is 1. The Morgan fingerprint density at radius 1 is 0.493 bits per heavy atom. The molecule has 0 aliphatic carbocycles. The minimum atomic E-state index is -1.80. The van der Waals surface area contributed by atoms with Gasteiger partial charge in [-0.25, -0.2) is 0 Å². The van der Waals surface area contributed by atoms with Crippen LogP contribution in [0.25, 0.3) is 0 Å². The molecular formula is C61H103NO13. The van der Waals surface area contributed by atoms with Gasteiger partial charge in [0.25, 0.3) is 0 Å². The van der Waals surface area contributed by atoms with Crippen molar-refractivity contribution in [2.75, 3.05) is 19.8 Å². The van der Waals surface area contributed by atoms with Gasteiger partial charge in [0.1, 0.15) is 48.8 Å². The maximum Gasteiger partial charge on any atom is 0.220 e. The number of aliphatic hydroxyl groups excluding tert-OH is 8. The van der Waals surface area contributed by atoms with Crippen molar-refractivity contribution in [2.45, 2.75) is 261 Å². The van der Waals surface area contributed by atoms with Gasteiger partial charge < -0.3 is 65.1 Å². The Bertz CT molecular complexity index is 1620. The number of ether oxygens (including phenoxy) is 4. The largest absolute Gasteiger partial charge is 0.394 e. The fraction of sp³-hybridized carbons (Fsp3) is 0.721. The Morgan fingerprint density at radius 3 is 1.47 bits per heavy atom. The van der Waals surface area contributed by atoms with E-state index in [1.807, 2.05) is 6.08 Å². The molecule has 0 saturated carbocycles. The highest BCUT2D eigenvalue weighted by Gasteiger charge is 2.51. The van der Waals surface area contributed by atoms with E-state index in [0.717, 1.165) is 83.5 Å². The van der Waals surface area contributed by atoms with Crippen LogP contribution in [0.15, 0.2) is 97.2 Å². The number of carbonyl (C=O) groups excluding carboxylic acids is 1. The lowest BCUT2D eigenvalue weighted by Crippen LogP contribution is -2.65. The van der Waals surface area contributed by atoms with Gasteiger partial charge in [-0.2, -0.15) is 0 Å². The van der Waals surface area contributed by atoms with E-state index in [4.69, 9.17) is 18.9 Å². The molecule has 9 N–H and O–H groups in total. The monoisotopic (exact) mass is 1060 g/mol. The summed E-state index contributed by atoms with van der Waals surface area (Å²) in [6, 6.07) is -0.947. The highest BCUT2D eigenvalue weighted by atomic mass is 16.7. The molecule has 2 rings (SSSR count). The van der Waals surface area contributed by atoms with Gasteiger partial charge in [0.15, 0.2) is 12.6 Å². The molecule has 12 atom stereocenters. The standard InChI is InChI=1S/C61H103NO13/c1-3-5-7-9-11-13-15-17-19-21-22-23-24-25-26-27-28-29-31-33-35-37-39-41-43-45-53(66)62-49(50(65)44-42-40-38-36-34-32-30-20-18-16-14-12-10-8-6-4-2)48-72-60-58(71)56(69)59(52(47-64)74-60)75-61-57(70)55(68)54(67)51(46-63)73-61/h5,7,11,13,17-20,22-23,25-26,34,36,42,44,49-52,54-61,63-65,67-71H,3-4,6,8-10,12,14-16,21,24,27-33,35,37-41,43,45-48H2,1-2H3,(H,62,66)/b7-5-,13-11-,19-17-,20-18+,23-22-,26-25-,36-34+,44-42+. The van der Waals surface area contributed by atoms with Crippen LogP contribution in [0.3, 0.4) is 0 Å². The molecule has 2 aliphatic heterocycles. The van der Waals surface area contributed by atoms with E-state index in [1.54, 1.807) is 6.08 Å². The van der Waals surface area contributed by atoms with Gasteiger partial charge in [-0.05, 0) is 89.9 Å². The number of nitrogens with one attached hydrogen (secondary N) is 1. The van der Waals surface area contributed by atoms with Crippen LogP contribution in [0.2, 0.25) is 0 Å². The molecule has 2 aliphatic rings. The summed E-state index contributed by atoms with van der Waals surface area (Å²) in [5.41, 5.74) is 0. The number of aliphatic hydroxyl groups is 8. The fourth-order valence-corrected chi connectivity index (χ4v) is 8.82. The summed E-state index contributed by atoms with van der Waals surface area (Å²) in [6.45, 7) is 2.62. The summed E-state index contributed by atoms with van der Waals surface area (Å²) in [4.78, 5) is 13.2. The molecule has 14 heteroatoms. The van der Waals surface area contributed by atoms with Gasteiger partial charge in [0.05, 0.1) is 32.0 Å². The zero-order chi connectivity index (χ0) is 54.6. The minimum absolute atomic E-state index is 0.257. The molecule has 2 fully saturated rings. The second kappa shape index (κ2) is 45.9. The minimum Gasteiger partial charge on any atom is -0.394 e. The lowest BCUT2D eigenvalue weighted by molar-refractivity contribution is -0.359. The van der Waals surface area contributed by atoms with Crippen molar-refractivity contribution in [1.82, 2.24) is 5.32 Å². The maximum absolute atomic E-state index is 13.2. The number of hydrogen-bond donors (Lipinski definition) is 9. The normalized spacial score (nSPS) is 25.8. The second-order valence-electron chi connectivity index (χ2n) is 20.0. The molecule has 2 saturated heterocycles. The molecule has 0 aromatic carbocycles. The van der Waals surface area contributed by atoms with Crippen molar-refractivity contribution in [1.29, 1.82) is 0 Å². The quantitative estimate of drug-likeness (QED) is 0.0205. The lowest BCUT2D eigenvalue weighted by atomic mass is 9.97. The van der Waals surface area contributed by atoms with Gasteiger partial charge in [0, 0.05) is 6.42 Å². The smallest absolute Gasteiger partial charge is 0.220 e. The highest BCUT2D eigenvalue weighted by molar-refractivity contribution is 5.76. The summed E-state index contributed by atoms with van der Waals surface area (Å²) < 4.78 is 22.7. The number of rotatable bonds is 44. The Kier molecular flexibility index (Phi) is 41.6. The molecule has 1 amide bonds. The van der Waals surface area contributed by atoms with Crippen molar-refractivity contribution < 1.29 is 64.6 Å². The third-order valence-corrected chi connectivity index (χ3v) is 13.5. The molecule has 0 aromatic heterocycles. The van der Waals surface area contributed by atoms with Crippen molar-refractivity contribution in [3.8, 4) is 0 Å². The molecule has 0 spiro atoms. The number of allylic oxidation sites excluding steroid dienone is 15. The second-order valence-corrected chi connectivity index (χ2v) is 20.0. The van der Waals surface area contributed by atoms with Gasteiger partial charge in [0.2, 0.25) is 5.91 Å². The predicted molar refractivity (Wildman–Crippen MR) is 299 cm³/mol. The van der Waals surface area contributed by atoms with Crippen LogP contribution >= 0.6 is 0 Å². The summed E-state index contributed by atoms with van der Waals surface area (Å²) in [5, 5.41) is 87.0. The van der Waals surface area contributed by atoms with E-state index in [1.165, 1.54) is 70.6 Å². The number of unbranched alkanes of at least 4 members (excludes halogenated alkanes) is 17. The summed E-state index contributed by atoms with van der Waals surface area (Å²) in [5.74, 6) is -0.265. The van der Waals surface area contributed by atoms with Crippen LogP contribution in [-0.4, -0.2) is 140 Å². The maximum atomic E-state index is 13.2. The van der Waals surface area contributed by atoms with Crippen LogP contribution in [0.4, 0.5) is 0 Å². The first-order valence-corrected chi connectivity index (χ1v) is 29.0. The third kappa shape index (κ3) is 31.8. The zero-order valence-electron chi connectivity index (χ0n) is 46.0. The Hall–Kier alpha value is -3.09. The van der Waals surface area contributed by atoms with E-state index in [9.17, 15) is 45.6 Å². The topological polar surface area (TPSA) is 228 Å². The van der Waals surface area contributed by atoms with Gasteiger partial charge >= 0.3 is 0 Å². The molecule has 12 unspecified atom stereocenters. The molecule has 2 heterocycles. The number of hydrogen-bond acceptors (Lipinski definition) is 13. The fourth-order valence-electron chi connectivity index (χ4n) is 8.82. The zero-order valence-corrected chi connectivity index (χ0v) is 46.0.